The molecule has 3 nitrogen and oxygen atoms in total. The van der Waals surface area contributed by atoms with Gasteiger partial charge in [0.15, 0.2) is 0 Å². The van der Waals surface area contributed by atoms with Gasteiger partial charge in [0.25, 0.3) is 0 Å². The van der Waals surface area contributed by atoms with E-state index in [1.807, 2.05) is 6.92 Å². The maximum Gasteiger partial charge on any atom is 0.0593 e. The third-order valence-electron chi connectivity index (χ3n) is 3.86. The number of unbranched alkanes of at least 4 members (excludes halogenated alkanes) is 3. The van der Waals surface area contributed by atoms with Crippen molar-refractivity contribution in [1.82, 2.24) is 4.90 Å². The maximum absolute atomic E-state index is 6.02. The van der Waals surface area contributed by atoms with Crippen molar-refractivity contribution < 1.29 is 4.74 Å². The molecule has 0 aliphatic heterocycles. The van der Waals surface area contributed by atoms with E-state index in [0.717, 1.165) is 32.8 Å². The maximum atomic E-state index is 6.02. The highest BCUT2D eigenvalue weighted by Gasteiger charge is 2.28. The fourth-order valence-electron chi connectivity index (χ4n) is 2.45. The zero-order valence-electron chi connectivity index (χ0n) is 13.0. The fourth-order valence-corrected chi connectivity index (χ4v) is 2.45. The summed E-state index contributed by atoms with van der Waals surface area (Å²) < 4.78 is 5.47. The first kappa shape index (κ1) is 17.9. The van der Waals surface area contributed by atoms with Gasteiger partial charge in [-0.1, -0.05) is 39.5 Å². The Morgan fingerprint density at radius 2 is 1.83 bits per heavy atom. The van der Waals surface area contributed by atoms with Crippen LogP contribution in [0.3, 0.4) is 0 Å². The molecule has 0 aliphatic carbocycles. The third kappa shape index (κ3) is 6.72. The molecule has 0 aromatic carbocycles. The second-order valence-corrected chi connectivity index (χ2v) is 5.29. The summed E-state index contributed by atoms with van der Waals surface area (Å²) in [6.45, 7) is 13.2. The number of nitrogens with zero attached hydrogens (tertiary/aromatic N) is 1. The molecule has 0 saturated heterocycles. The van der Waals surface area contributed by atoms with E-state index >= 15 is 0 Å². The molecule has 0 fully saturated rings. The Morgan fingerprint density at radius 3 is 2.33 bits per heavy atom. The van der Waals surface area contributed by atoms with Crippen molar-refractivity contribution >= 4 is 0 Å². The molecule has 0 aliphatic rings. The molecule has 1 unspecified atom stereocenters. The predicted molar refractivity (Wildman–Crippen MR) is 80.0 cm³/mol. The van der Waals surface area contributed by atoms with Gasteiger partial charge in [-0.3, -0.25) is 4.90 Å². The van der Waals surface area contributed by atoms with E-state index in [4.69, 9.17) is 10.5 Å². The third-order valence-corrected chi connectivity index (χ3v) is 3.86. The first-order valence-corrected chi connectivity index (χ1v) is 7.67. The summed E-state index contributed by atoms with van der Waals surface area (Å²) in [5.41, 5.74) is 6.16. The lowest BCUT2D eigenvalue weighted by Gasteiger charge is -2.40. The van der Waals surface area contributed by atoms with E-state index in [1.165, 1.54) is 32.1 Å². The highest BCUT2D eigenvalue weighted by atomic mass is 16.5. The van der Waals surface area contributed by atoms with Crippen LogP contribution in [0.25, 0.3) is 0 Å². The van der Waals surface area contributed by atoms with Crippen molar-refractivity contribution in [3.8, 4) is 0 Å². The molecule has 0 amide bonds. The Labute approximate surface area is 114 Å². The molecule has 0 radical (unpaired) electrons. The van der Waals surface area contributed by atoms with Crippen LogP contribution in [0.2, 0.25) is 0 Å². The van der Waals surface area contributed by atoms with Gasteiger partial charge >= 0.3 is 0 Å². The average molecular weight is 258 g/mol. The first-order valence-electron chi connectivity index (χ1n) is 7.67. The van der Waals surface area contributed by atoms with Crippen LogP contribution in [0.5, 0.6) is 0 Å². The lowest BCUT2D eigenvalue weighted by atomic mass is 9.92. The topological polar surface area (TPSA) is 38.5 Å². The summed E-state index contributed by atoms with van der Waals surface area (Å²) in [5, 5.41) is 0. The van der Waals surface area contributed by atoms with Crippen LogP contribution < -0.4 is 5.73 Å². The molecule has 0 aromatic heterocycles. The molecule has 0 saturated carbocycles. The second kappa shape index (κ2) is 10.8. The Morgan fingerprint density at radius 1 is 1.11 bits per heavy atom. The zero-order valence-corrected chi connectivity index (χ0v) is 13.0. The summed E-state index contributed by atoms with van der Waals surface area (Å²) in [4.78, 5) is 2.48. The van der Waals surface area contributed by atoms with Crippen molar-refractivity contribution in [1.29, 1.82) is 0 Å². The van der Waals surface area contributed by atoms with Crippen molar-refractivity contribution in [2.24, 2.45) is 5.73 Å². The van der Waals surface area contributed by atoms with Crippen LogP contribution >= 0.6 is 0 Å². The number of likely N-dealkylation sites (N-methyl/N-ethyl adjacent to an activating group) is 1. The first-order chi connectivity index (χ1) is 8.64. The summed E-state index contributed by atoms with van der Waals surface area (Å²) in [7, 11) is 0. The minimum atomic E-state index is 0.138. The van der Waals surface area contributed by atoms with Crippen molar-refractivity contribution in [2.75, 3.05) is 32.8 Å². The molecule has 110 valence electrons. The molecule has 0 heterocycles. The van der Waals surface area contributed by atoms with E-state index in [1.54, 1.807) is 0 Å². The minimum absolute atomic E-state index is 0.138. The standard InChI is InChI=1S/C15H34N2O/c1-5-8-9-10-11-15(4,14-16)17(6-2)12-13-18-7-3/h5-14,16H2,1-4H3. The van der Waals surface area contributed by atoms with Crippen LogP contribution in [-0.4, -0.2) is 43.3 Å². The summed E-state index contributed by atoms with van der Waals surface area (Å²) in [6, 6.07) is 0. The van der Waals surface area contributed by atoms with E-state index < -0.39 is 0 Å². The molecule has 0 aromatic rings. The SMILES string of the molecule is CCCCCCC(C)(CN)N(CC)CCOCC. The van der Waals surface area contributed by atoms with Crippen molar-refractivity contribution in [3.63, 3.8) is 0 Å². The molecular formula is C15H34N2O. The van der Waals surface area contributed by atoms with Gasteiger partial charge in [-0.15, -0.1) is 0 Å². The predicted octanol–water partition coefficient (Wildman–Crippen LogP) is 3.03. The quantitative estimate of drug-likeness (QED) is 0.547. The Bertz CT molecular complexity index is 187. The Balaban J connectivity index is 4.18. The molecule has 0 bridgehead atoms. The van der Waals surface area contributed by atoms with E-state index in [9.17, 15) is 0 Å². The zero-order chi connectivity index (χ0) is 13.9. The van der Waals surface area contributed by atoms with Crippen LogP contribution in [0.4, 0.5) is 0 Å². The van der Waals surface area contributed by atoms with E-state index in [0.29, 0.717) is 0 Å². The molecule has 3 heteroatoms. The van der Waals surface area contributed by atoms with Gasteiger partial charge < -0.3 is 10.5 Å². The van der Waals surface area contributed by atoms with Crippen LogP contribution in [0, 0.1) is 0 Å². The lowest BCUT2D eigenvalue weighted by molar-refractivity contribution is 0.0550. The second-order valence-electron chi connectivity index (χ2n) is 5.29. The smallest absolute Gasteiger partial charge is 0.0593 e. The average Bonchev–Trinajstić information content (AvgIpc) is 2.39. The number of ether oxygens (including phenoxy) is 1. The highest BCUT2D eigenvalue weighted by Crippen LogP contribution is 2.21. The summed E-state index contributed by atoms with van der Waals surface area (Å²) in [6.07, 6.45) is 6.44. The fraction of sp³-hybridized carbons (Fsp3) is 1.00. The minimum Gasteiger partial charge on any atom is -0.380 e. The normalized spacial score (nSPS) is 15.0. The van der Waals surface area contributed by atoms with Crippen LogP contribution in [0.1, 0.15) is 59.8 Å². The summed E-state index contributed by atoms with van der Waals surface area (Å²) >= 11 is 0. The van der Waals surface area contributed by atoms with Crippen LogP contribution in [-0.2, 0) is 4.74 Å². The number of rotatable bonds is 12. The molecule has 0 rings (SSSR count). The summed E-state index contributed by atoms with van der Waals surface area (Å²) in [5.74, 6) is 0. The van der Waals surface area contributed by atoms with Gasteiger partial charge in [-0.05, 0) is 26.8 Å². The lowest BCUT2D eigenvalue weighted by Crippen LogP contribution is -2.52. The number of nitrogens with two attached hydrogens (primary N) is 1. The van der Waals surface area contributed by atoms with Gasteiger partial charge in [-0.25, -0.2) is 0 Å². The van der Waals surface area contributed by atoms with Gasteiger partial charge in [0.05, 0.1) is 6.61 Å². The van der Waals surface area contributed by atoms with Crippen molar-refractivity contribution in [3.05, 3.63) is 0 Å². The van der Waals surface area contributed by atoms with Gasteiger partial charge in [0.2, 0.25) is 0 Å². The van der Waals surface area contributed by atoms with Crippen LogP contribution in [0.15, 0.2) is 0 Å². The van der Waals surface area contributed by atoms with Gasteiger partial charge in [0.1, 0.15) is 0 Å². The van der Waals surface area contributed by atoms with Gasteiger partial charge in [-0.2, -0.15) is 0 Å². The van der Waals surface area contributed by atoms with Gasteiger partial charge in [0, 0.05) is 25.2 Å². The van der Waals surface area contributed by atoms with Crippen molar-refractivity contribution in [2.45, 2.75) is 65.3 Å². The Kier molecular flexibility index (Phi) is 10.7. The number of hydrogen-bond acceptors (Lipinski definition) is 3. The molecule has 2 N–H and O–H groups in total. The molecule has 1 atom stereocenters. The molecular weight excluding hydrogens is 224 g/mol. The van der Waals surface area contributed by atoms with E-state index in [2.05, 4.69) is 25.7 Å². The monoisotopic (exact) mass is 258 g/mol. The highest BCUT2D eigenvalue weighted by molar-refractivity contribution is 4.86. The number of hydrogen-bond donors (Lipinski definition) is 1. The largest absolute Gasteiger partial charge is 0.380 e. The molecule has 18 heavy (non-hydrogen) atoms. The molecule has 0 spiro atoms. The van der Waals surface area contributed by atoms with E-state index in [-0.39, 0.29) is 5.54 Å². The Hall–Kier alpha value is -0.120.